The molecule has 0 saturated carbocycles. The van der Waals surface area contributed by atoms with E-state index in [0.29, 0.717) is 11.2 Å². The van der Waals surface area contributed by atoms with Gasteiger partial charge in [-0.1, -0.05) is 0 Å². The van der Waals surface area contributed by atoms with Crippen LogP contribution in [0.1, 0.15) is 6.23 Å². The summed E-state index contributed by atoms with van der Waals surface area (Å²) >= 11 is 0. The topological polar surface area (TPSA) is 118 Å². The second-order valence-electron chi connectivity index (χ2n) is 4.97. The maximum absolute atomic E-state index is 10.1. The zero-order valence-electron chi connectivity index (χ0n) is 11.7. The third kappa shape index (κ3) is 2.05. The standard InChI is InChI=1S/C12H17N5O4/c1-16-4-15-11-7(10(16)13)14-5-17(11)12-9(20-2)8(19)6(3-18)21-12/h4-6,8-9,12-13,18-19H,3H2,1-2H3/t6-,8?,9+,12-/m1/s1. The largest absolute Gasteiger partial charge is 0.394 e. The molecule has 0 radical (unpaired) electrons. The van der Waals surface area contributed by atoms with E-state index in [-0.39, 0.29) is 12.1 Å². The van der Waals surface area contributed by atoms with Crippen LogP contribution in [-0.4, -0.2) is 61.3 Å². The first-order chi connectivity index (χ1) is 10.1. The van der Waals surface area contributed by atoms with E-state index in [1.807, 2.05) is 0 Å². The number of methoxy groups -OCH3 is 1. The van der Waals surface area contributed by atoms with E-state index < -0.39 is 24.5 Å². The van der Waals surface area contributed by atoms with Crippen LogP contribution in [0.2, 0.25) is 0 Å². The van der Waals surface area contributed by atoms with Gasteiger partial charge in [0.05, 0.1) is 19.3 Å². The molecular formula is C12H17N5O4. The predicted octanol–water partition coefficient (Wildman–Crippen LogP) is -1.49. The molecule has 0 amide bonds. The molecular weight excluding hydrogens is 278 g/mol. The van der Waals surface area contributed by atoms with Gasteiger partial charge in [0, 0.05) is 14.2 Å². The molecule has 2 aromatic rings. The summed E-state index contributed by atoms with van der Waals surface area (Å²) in [6, 6.07) is 0. The van der Waals surface area contributed by atoms with Crippen molar-refractivity contribution < 1.29 is 19.7 Å². The Bertz CT molecular complexity index is 711. The van der Waals surface area contributed by atoms with E-state index in [0.717, 1.165) is 0 Å². The zero-order chi connectivity index (χ0) is 15.1. The zero-order valence-corrected chi connectivity index (χ0v) is 11.7. The summed E-state index contributed by atoms with van der Waals surface area (Å²) in [5.41, 5.74) is 1.13. The number of nitrogens with one attached hydrogen (secondary N) is 1. The maximum Gasteiger partial charge on any atom is 0.167 e. The van der Waals surface area contributed by atoms with Crippen molar-refractivity contribution in [3.63, 3.8) is 0 Å². The molecule has 4 atom stereocenters. The minimum Gasteiger partial charge on any atom is -0.394 e. The van der Waals surface area contributed by atoms with E-state index in [2.05, 4.69) is 9.97 Å². The maximum atomic E-state index is 10.1. The highest BCUT2D eigenvalue weighted by molar-refractivity contribution is 5.68. The van der Waals surface area contributed by atoms with Crippen molar-refractivity contribution in [2.75, 3.05) is 13.7 Å². The molecule has 21 heavy (non-hydrogen) atoms. The quantitative estimate of drug-likeness (QED) is 0.635. The predicted molar refractivity (Wildman–Crippen MR) is 70.2 cm³/mol. The molecule has 114 valence electrons. The molecule has 9 nitrogen and oxygen atoms in total. The van der Waals surface area contributed by atoms with Crippen LogP contribution in [0.4, 0.5) is 0 Å². The molecule has 0 aliphatic carbocycles. The van der Waals surface area contributed by atoms with Gasteiger partial charge in [-0.3, -0.25) is 9.98 Å². The highest BCUT2D eigenvalue weighted by atomic mass is 16.6. The number of aryl methyl sites for hydroxylation is 1. The Morgan fingerprint density at radius 2 is 2.19 bits per heavy atom. The van der Waals surface area contributed by atoms with Crippen LogP contribution in [0.15, 0.2) is 12.7 Å². The van der Waals surface area contributed by atoms with Crippen molar-refractivity contribution in [3.8, 4) is 0 Å². The molecule has 0 bridgehead atoms. The van der Waals surface area contributed by atoms with Crippen molar-refractivity contribution in [3.05, 3.63) is 18.1 Å². The fraction of sp³-hybridized carbons (Fsp3) is 0.583. The number of hydrogen-bond donors (Lipinski definition) is 3. The van der Waals surface area contributed by atoms with E-state index in [9.17, 15) is 10.2 Å². The summed E-state index contributed by atoms with van der Waals surface area (Å²) in [4.78, 5) is 8.44. The highest BCUT2D eigenvalue weighted by Crippen LogP contribution is 2.32. The fourth-order valence-electron chi connectivity index (χ4n) is 2.55. The van der Waals surface area contributed by atoms with Gasteiger partial charge in [-0.2, -0.15) is 0 Å². The second-order valence-corrected chi connectivity index (χ2v) is 4.97. The van der Waals surface area contributed by atoms with E-state index in [1.54, 1.807) is 16.2 Å². The number of fused-ring (bicyclic) bond motifs is 1. The van der Waals surface area contributed by atoms with Gasteiger partial charge in [0.1, 0.15) is 23.8 Å². The van der Waals surface area contributed by atoms with Crippen molar-refractivity contribution in [1.82, 2.24) is 19.1 Å². The monoisotopic (exact) mass is 295 g/mol. The summed E-state index contributed by atoms with van der Waals surface area (Å²) in [5.74, 6) is 0. The van der Waals surface area contributed by atoms with Gasteiger partial charge in [0.15, 0.2) is 17.4 Å². The molecule has 3 heterocycles. The summed E-state index contributed by atoms with van der Waals surface area (Å²) < 4.78 is 14.1. The smallest absolute Gasteiger partial charge is 0.167 e. The first-order valence-electron chi connectivity index (χ1n) is 6.48. The number of aliphatic hydroxyl groups is 2. The lowest BCUT2D eigenvalue weighted by molar-refractivity contribution is -0.0583. The fourth-order valence-corrected chi connectivity index (χ4v) is 2.55. The van der Waals surface area contributed by atoms with E-state index in [1.165, 1.54) is 19.8 Å². The van der Waals surface area contributed by atoms with Crippen molar-refractivity contribution in [2.24, 2.45) is 7.05 Å². The Balaban J connectivity index is 2.08. The average Bonchev–Trinajstić information content (AvgIpc) is 3.03. The molecule has 0 spiro atoms. The first-order valence-corrected chi connectivity index (χ1v) is 6.48. The summed E-state index contributed by atoms with van der Waals surface area (Å²) in [6.07, 6.45) is 0.0278. The Morgan fingerprint density at radius 3 is 2.86 bits per heavy atom. The van der Waals surface area contributed by atoms with Crippen molar-refractivity contribution in [2.45, 2.75) is 24.5 Å². The number of nitrogens with zero attached hydrogens (tertiary/aromatic N) is 4. The lowest BCUT2D eigenvalue weighted by Crippen LogP contribution is -2.34. The van der Waals surface area contributed by atoms with Gasteiger partial charge >= 0.3 is 0 Å². The number of aromatic nitrogens is 4. The number of imidazole rings is 1. The molecule has 3 N–H and O–H groups in total. The highest BCUT2D eigenvalue weighted by Gasteiger charge is 2.45. The molecule has 3 rings (SSSR count). The van der Waals surface area contributed by atoms with Crippen LogP contribution in [0.3, 0.4) is 0 Å². The SMILES string of the molecule is CO[C@H]1C(O)[C@@H](CO)O[C@H]1n1cnc2c(=N)n(C)cnc21. The van der Waals surface area contributed by atoms with Crippen molar-refractivity contribution >= 4 is 11.2 Å². The van der Waals surface area contributed by atoms with Crippen LogP contribution in [0.25, 0.3) is 11.2 Å². The summed E-state index contributed by atoms with van der Waals surface area (Å²) in [6.45, 7) is -0.309. The number of ether oxygens (including phenoxy) is 2. The minimum atomic E-state index is -0.947. The third-order valence-corrected chi connectivity index (χ3v) is 3.74. The second kappa shape index (κ2) is 5.19. The van der Waals surface area contributed by atoms with Crippen LogP contribution in [0, 0.1) is 5.41 Å². The number of aliphatic hydroxyl groups excluding tert-OH is 2. The normalized spacial score (nSPS) is 29.3. The van der Waals surface area contributed by atoms with Crippen LogP contribution >= 0.6 is 0 Å². The van der Waals surface area contributed by atoms with Gasteiger partial charge in [-0.25, -0.2) is 9.97 Å². The molecule has 1 fully saturated rings. The molecule has 9 heteroatoms. The molecule has 0 aromatic carbocycles. The first kappa shape index (κ1) is 14.1. The van der Waals surface area contributed by atoms with Crippen LogP contribution in [-0.2, 0) is 16.5 Å². The van der Waals surface area contributed by atoms with Gasteiger partial charge < -0.3 is 24.3 Å². The summed E-state index contributed by atoms with van der Waals surface area (Å²) in [5, 5.41) is 27.3. The lowest BCUT2D eigenvalue weighted by atomic mass is 10.1. The van der Waals surface area contributed by atoms with E-state index >= 15 is 0 Å². The molecule has 1 saturated heterocycles. The Morgan fingerprint density at radius 1 is 1.43 bits per heavy atom. The third-order valence-electron chi connectivity index (χ3n) is 3.74. The molecule has 1 unspecified atom stereocenters. The molecule has 1 aliphatic rings. The molecule has 1 aliphatic heterocycles. The number of hydrogen-bond acceptors (Lipinski definition) is 7. The van der Waals surface area contributed by atoms with Crippen molar-refractivity contribution in [1.29, 1.82) is 5.41 Å². The lowest BCUT2D eigenvalue weighted by Gasteiger charge is -2.19. The van der Waals surface area contributed by atoms with Crippen LogP contribution < -0.4 is 5.49 Å². The van der Waals surface area contributed by atoms with E-state index in [4.69, 9.17) is 14.9 Å². The Labute approximate surface area is 119 Å². The van der Waals surface area contributed by atoms with Gasteiger partial charge in [0.25, 0.3) is 0 Å². The average molecular weight is 295 g/mol. The minimum absolute atomic E-state index is 0.227. The van der Waals surface area contributed by atoms with Crippen LogP contribution in [0.5, 0.6) is 0 Å². The number of rotatable bonds is 3. The molecule has 2 aromatic heterocycles. The Kier molecular flexibility index (Phi) is 3.49. The van der Waals surface area contributed by atoms with Gasteiger partial charge in [0.2, 0.25) is 0 Å². The Hall–Kier alpha value is -1.81. The van der Waals surface area contributed by atoms with Gasteiger partial charge in [-0.05, 0) is 0 Å². The summed E-state index contributed by atoms with van der Waals surface area (Å²) in [7, 11) is 3.18. The van der Waals surface area contributed by atoms with Gasteiger partial charge in [-0.15, -0.1) is 0 Å².